The maximum absolute atomic E-state index is 11.2. The zero-order valence-electron chi connectivity index (χ0n) is 12.2. The summed E-state index contributed by atoms with van der Waals surface area (Å²) in [6.45, 7) is 0. The van der Waals surface area contributed by atoms with Gasteiger partial charge in [-0.2, -0.15) is 0 Å². The van der Waals surface area contributed by atoms with E-state index >= 15 is 0 Å². The fourth-order valence-corrected chi connectivity index (χ4v) is 5.62. The Morgan fingerprint density at radius 2 is 1.36 bits per heavy atom. The van der Waals surface area contributed by atoms with E-state index < -0.39 is 15.5 Å². The highest BCUT2D eigenvalue weighted by molar-refractivity contribution is 5.55. The van der Waals surface area contributed by atoms with Gasteiger partial charge in [-0.15, -0.1) is 0 Å². The van der Waals surface area contributed by atoms with E-state index in [-0.39, 0.29) is 11.1 Å². The minimum Gasteiger partial charge on any atom is -0.258 e. The first-order valence-electron chi connectivity index (χ1n) is 7.90. The van der Waals surface area contributed by atoms with Gasteiger partial charge in [-0.3, -0.25) is 20.2 Å². The van der Waals surface area contributed by atoms with Crippen LogP contribution in [0.2, 0.25) is 0 Å². The summed E-state index contributed by atoms with van der Waals surface area (Å²) in [5.74, 6) is 2.21. The predicted octanol–water partition coefficient (Wildman–Crippen LogP) is 3.97. The molecule has 4 saturated carbocycles. The van der Waals surface area contributed by atoms with E-state index in [1.807, 2.05) is 0 Å². The number of nitro groups is 2. The predicted molar refractivity (Wildman–Crippen MR) is 79.6 cm³/mol. The molecule has 0 aromatic heterocycles. The van der Waals surface area contributed by atoms with Crippen LogP contribution in [-0.2, 0) is 5.41 Å². The number of rotatable bonds is 3. The lowest BCUT2D eigenvalue weighted by Gasteiger charge is -2.57. The quantitative estimate of drug-likeness (QED) is 0.624. The van der Waals surface area contributed by atoms with Crippen molar-refractivity contribution in [3.05, 3.63) is 44.0 Å². The zero-order valence-corrected chi connectivity index (χ0v) is 12.2. The van der Waals surface area contributed by atoms with Crippen LogP contribution in [0.25, 0.3) is 0 Å². The third kappa shape index (κ3) is 1.93. The van der Waals surface area contributed by atoms with E-state index in [2.05, 4.69) is 0 Å². The third-order valence-corrected chi connectivity index (χ3v) is 6.02. The summed E-state index contributed by atoms with van der Waals surface area (Å²) >= 11 is 0. The molecule has 116 valence electrons. The summed E-state index contributed by atoms with van der Waals surface area (Å²) in [4.78, 5) is 20.9. The van der Waals surface area contributed by atoms with Crippen molar-refractivity contribution in [2.45, 2.75) is 43.9 Å². The van der Waals surface area contributed by atoms with Gasteiger partial charge < -0.3 is 0 Å². The standard InChI is InChI=1S/C16H18N2O4/c19-17(20)14-2-1-13(6-15(14)18(21)22)16-7-10-3-11(8-16)5-12(4-10)9-16/h1-2,6,10-12H,3-5,7-9H2. The summed E-state index contributed by atoms with van der Waals surface area (Å²) in [6.07, 6.45) is 7.17. The van der Waals surface area contributed by atoms with Crippen molar-refractivity contribution in [1.29, 1.82) is 0 Å². The van der Waals surface area contributed by atoms with E-state index in [4.69, 9.17) is 0 Å². The fraction of sp³-hybridized carbons (Fsp3) is 0.625. The summed E-state index contributed by atoms with van der Waals surface area (Å²) in [6, 6.07) is 4.57. The number of nitrogens with zero attached hydrogens (tertiary/aromatic N) is 2. The smallest absolute Gasteiger partial charge is 0.258 e. The van der Waals surface area contributed by atoms with E-state index in [0.29, 0.717) is 0 Å². The van der Waals surface area contributed by atoms with Gasteiger partial charge in [0.15, 0.2) is 0 Å². The van der Waals surface area contributed by atoms with Gasteiger partial charge in [0.25, 0.3) is 0 Å². The molecule has 0 aliphatic heterocycles. The number of hydrogen-bond donors (Lipinski definition) is 0. The molecule has 0 atom stereocenters. The molecule has 0 saturated heterocycles. The van der Waals surface area contributed by atoms with Crippen molar-refractivity contribution in [3.8, 4) is 0 Å². The molecule has 6 nitrogen and oxygen atoms in total. The van der Waals surface area contributed by atoms with E-state index in [1.54, 1.807) is 6.07 Å². The molecule has 0 N–H and O–H groups in total. The second-order valence-corrected chi connectivity index (χ2v) is 7.42. The highest BCUT2D eigenvalue weighted by atomic mass is 16.6. The topological polar surface area (TPSA) is 86.3 Å². The lowest BCUT2D eigenvalue weighted by Crippen LogP contribution is -2.48. The van der Waals surface area contributed by atoms with Gasteiger partial charge in [0.2, 0.25) is 0 Å². The molecule has 0 spiro atoms. The molecule has 4 fully saturated rings. The molecule has 22 heavy (non-hydrogen) atoms. The highest BCUT2D eigenvalue weighted by Gasteiger charge is 2.52. The molecule has 1 aromatic rings. The molecule has 4 aliphatic rings. The van der Waals surface area contributed by atoms with Crippen LogP contribution in [-0.4, -0.2) is 9.85 Å². The van der Waals surface area contributed by atoms with Crippen LogP contribution in [0.1, 0.15) is 44.1 Å². The van der Waals surface area contributed by atoms with Crippen LogP contribution < -0.4 is 0 Å². The first kappa shape index (κ1) is 13.7. The molecule has 4 aliphatic carbocycles. The Morgan fingerprint density at radius 3 is 1.82 bits per heavy atom. The van der Waals surface area contributed by atoms with E-state index in [9.17, 15) is 20.2 Å². The van der Waals surface area contributed by atoms with Gasteiger partial charge >= 0.3 is 11.4 Å². The Balaban J connectivity index is 1.78. The normalized spacial score (nSPS) is 35.5. The Labute approximate surface area is 127 Å². The second kappa shape index (κ2) is 4.51. The summed E-state index contributed by atoms with van der Waals surface area (Å²) in [5.41, 5.74) is 0.204. The molecule has 6 heteroatoms. The molecule has 1 aromatic carbocycles. The Bertz CT molecular complexity index is 635. The number of benzene rings is 1. The van der Waals surface area contributed by atoms with E-state index in [0.717, 1.165) is 42.6 Å². The van der Waals surface area contributed by atoms with Crippen molar-refractivity contribution >= 4 is 11.4 Å². The average Bonchev–Trinajstić information content (AvgIpc) is 2.45. The van der Waals surface area contributed by atoms with Crippen molar-refractivity contribution in [1.82, 2.24) is 0 Å². The zero-order chi connectivity index (χ0) is 15.5. The monoisotopic (exact) mass is 302 g/mol. The molecular weight excluding hydrogens is 284 g/mol. The van der Waals surface area contributed by atoms with Crippen LogP contribution in [0.4, 0.5) is 11.4 Å². The molecule has 0 heterocycles. The summed E-state index contributed by atoms with van der Waals surface area (Å²) in [5, 5.41) is 22.2. The van der Waals surface area contributed by atoms with Gasteiger partial charge in [-0.05, 0) is 67.3 Å². The minimum absolute atomic E-state index is 0.0225. The number of hydrogen-bond acceptors (Lipinski definition) is 4. The van der Waals surface area contributed by atoms with Crippen LogP contribution >= 0.6 is 0 Å². The van der Waals surface area contributed by atoms with Gasteiger partial charge in [0, 0.05) is 12.1 Å². The average molecular weight is 302 g/mol. The second-order valence-electron chi connectivity index (χ2n) is 7.42. The number of nitro benzene ring substituents is 2. The fourth-order valence-electron chi connectivity index (χ4n) is 5.62. The molecule has 0 radical (unpaired) electrons. The molecule has 0 unspecified atom stereocenters. The van der Waals surface area contributed by atoms with Gasteiger partial charge in [-0.1, -0.05) is 6.07 Å². The van der Waals surface area contributed by atoms with Crippen molar-refractivity contribution in [3.63, 3.8) is 0 Å². The lowest BCUT2D eigenvalue weighted by atomic mass is 9.48. The van der Waals surface area contributed by atoms with Crippen molar-refractivity contribution < 1.29 is 9.85 Å². The molecule has 0 amide bonds. The highest BCUT2D eigenvalue weighted by Crippen LogP contribution is 2.61. The van der Waals surface area contributed by atoms with Gasteiger partial charge in [0.1, 0.15) is 0 Å². The van der Waals surface area contributed by atoms with Crippen LogP contribution in [0.5, 0.6) is 0 Å². The van der Waals surface area contributed by atoms with Crippen LogP contribution in [0, 0.1) is 38.0 Å². The SMILES string of the molecule is O=[N+]([O-])c1ccc(C23CC4CC(CC(C4)C2)C3)cc1[N+](=O)[O-]. The maximum Gasteiger partial charge on any atom is 0.346 e. The van der Waals surface area contributed by atoms with Crippen LogP contribution in [0.3, 0.4) is 0 Å². The Hall–Kier alpha value is -1.98. The van der Waals surface area contributed by atoms with E-state index in [1.165, 1.54) is 31.4 Å². The van der Waals surface area contributed by atoms with Gasteiger partial charge in [-0.25, -0.2) is 0 Å². The minimum atomic E-state index is -0.665. The molecular formula is C16H18N2O4. The third-order valence-electron chi connectivity index (χ3n) is 6.02. The Morgan fingerprint density at radius 1 is 0.864 bits per heavy atom. The molecule has 4 bridgehead atoms. The first-order valence-corrected chi connectivity index (χ1v) is 7.90. The van der Waals surface area contributed by atoms with Crippen molar-refractivity contribution in [2.75, 3.05) is 0 Å². The largest absolute Gasteiger partial charge is 0.346 e. The van der Waals surface area contributed by atoms with Crippen LogP contribution in [0.15, 0.2) is 18.2 Å². The van der Waals surface area contributed by atoms with Gasteiger partial charge in [0.05, 0.1) is 9.85 Å². The maximum atomic E-state index is 11.2. The summed E-state index contributed by atoms with van der Waals surface area (Å²) in [7, 11) is 0. The molecule has 5 rings (SSSR count). The lowest BCUT2D eigenvalue weighted by molar-refractivity contribution is -0.422. The van der Waals surface area contributed by atoms with Crippen molar-refractivity contribution in [2.24, 2.45) is 17.8 Å². The Kier molecular flexibility index (Phi) is 2.80. The first-order chi connectivity index (χ1) is 10.5. The summed E-state index contributed by atoms with van der Waals surface area (Å²) < 4.78 is 0.